The van der Waals surface area contributed by atoms with E-state index in [0.717, 1.165) is 37.2 Å². The van der Waals surface area contributed by atoms with E-state index in [9.17, 15) is 19.8 Å². The van der Waals surface area contributed by atoms with Gasteiger partial charge in [-0.25, -0.2) is 0 Å². The molecule has 0 bridgehead atoms. The fraction of sp³-hybridized carbons (Fsp3) is 0.714. The Morgan fingerprint density at radius 3 is 2.68 bits per heavy atom. The zero-order valence-electron chi connectivity index (χ0n) is 22.4. The lowest BCUT2D eigenvalue weighted by atomic mass is 9.60. The van der Waals surface area contributed by atoms with Crippen molar-refractivity contribution in [2.24, 2.45) is 28.8 Å². The average Bonchev–Trinajstić information content (AvgIpc) is 2.99. The van der Waals surface area contributed by atoms with Crippen LogP contribution in [0.15, 0.2) is 11.2 Å². The van der Waals surface area contributed by atoms with Gasteiger partial charge in [-0.15, -0.1) is 0 Å². The molecule has 2 aliphatic carbocycles. The van der Waals surface area contributed by atoms with Crippen LogP contribution in [0.4, 0.5) is 5.69 Å². The standard InChI is InChI=1S/C28H40N4O5/c1-5-32-27(35)19-10-9-18-21(13-23(33)26(34)24(18)25(19)28(32)36)30-37-16(3)14-31-11-7-6-8-20-22(31)12-15(2)17(4)29-20/h12,16,18-19,23-26,33-34H,5-11,13-14H2,1-4H3/t16?,18-,19+,23+,24-,25+,26+/m0/s1. The number of amides is 2. The summed E-state index contributed by atoms with van der Waals surface area (Å²) in [5, 5.41) is 26.1. The summed E-state index contributed by atoms with van der Waals surface area (Å²) >= 11 is 0. The smallest absolute Gasteiger partial charge is 0.233 e. The lowest BCUT2D eigenvalue weighted by Gasteiger charge is -2.45. The molecule has 2 amide bonds. The van der Waals surface area contributed by atoms with E-state index in [1.54, 1.807) is 6.92 Å². The van der Waals surface area contributed by atoms with Crippen molar-refractivity contribution >= 4 is 23.2 Å². The molecule has 3 heterocycles. The Balaban J connectivity index is 1.32. The molecule has 1 aromatic heterocycles. The number of carbonyl (C=O) groups excluding carboxylic acids is 2. The molecule has 4 aliphatic rings. The van der Waals surface area contributed by atoms with E-state index in [0.29, 0.717) is 31.6 Å². The molecular weight excluding hydrogens is 472 g/mol. The predicted molar refractivity (Wildman–Crippen MR) is 139 cm³/mol. The molecule has 2 aliphatic heterocycles. The topological polar surface area (TPSA) is 116 Å². The Kier molecular flexibility index (Phi) is 7.29. The quantitative estimate of drug-likeness (QED) is 0.460. The molecule has 1 unspecified atom stereocenters. The number of nitrogens with zero attached hydrogens (tertiary/aromatic N) is 4. The second-order valence-corrected chi connectivity index (χ2v) is 11.3. The number of fused-ring (bicyclic) bond motifs is 4. The first-order valence-electron chi connectivity index (χ1n) is 13.9. The minimum absolute atomic E-state index is 0.149. The third kappa shape index (κ3) is 4.65. The first-order chi connectivity index (χ1) is 17.7. The Morgan fingerprint density at radius 2 is 1.92 bits per heavy atom. The van der Waals surface area contributed by atoms with Gasteiger partial charge < -0.3 is 20.0 Å². The Morgan fingerprint density at radius 1 is 1.16 bits per heavy atom. The van der Waals surface area contributed by atoms with Gasteiger partial charge in [0.05, 0.1) is 47.7 Å². The number of imide groups is 1. The monoisotopic (exact) mass is 512 g/mol. The van der Waals surface area contributed by atoms with Crippen LogP contribution in [0.3, 0.4) is 0 Å². The molecule has 1 saturated heterocycles. The highest BCUT2D eigenvalue weighted by Gasteiger charge is 2.59. The molecule has 3 fully saturated rings. The Hall–Kier alpha value is -2.52. The van der Waals surface area contributed by atoms with Gasteiger partial charge in [-0.1, -0.05) is 5.16 Å². The van der Waals surface area contributed by atoms with Gasteiger partial charge in [0.1, 0.15) is 6.10 Å². The molecule has 0 spiro atoms. The van der Waals surface area contributed by atoms with Gasteiger partial charge in [-0.2, -0.15) is 0 Å². The van der Waals surface area contributed by atoms with E-state index in [1.807, 2.05) is 6.92 Å². The lowest BCUT2D eigenvalue weighted by Crippen LogP contribution is -2.54. The molecule has 9 nitrogen and oxygen atoms in total. The van der Waals surface area contributed by atoms with Crippen molar-refractivity contribution in [3.05, 3.63) is 23.0 Å². The van der Waals surface area contributed by atoms with E-state index in [2.05, 4.69) is 30.0 Å². The van der Waals surface area contributed by atoms with Crippen molar-refractivity contribution in [3.63, 3.8) is 0 Å². The molecule has 2 saturated carbocycles. The molecule has 1 aromatic rings. The van der Waals surface area contributed by atoms with Crippen LogP contribution < -0.4 is 4.90 Å². The first-order valence-corrected chi connectivity index (χ1v) is 13.9. The molecule has 9 heteroatoms. The molecule has 0 radical (unpaired) electrons. The van der Waals surface area contributed by atoms with Crippen LogP contribution in [0, 0.1) is 37.5 Å². The summed E-state index contributed by atoms with van der Waals surface area (Å²) in [7, 11) is 0. The summed E-state index contributed by atoms with van der Waals surface area (Å²) < 4.78 is 0. The fourth-order valence-electron chi connectivity index (χ4n) is 6.96. The molecule has 0 aromatic carbocycles. The van der Waals surface area contributed by atoms with Crippen LogP contribution in [0.2, 0.25) is 0 Å². The zero-order chi connectivity index (χ0) is 26.4. The molecule has 202 valence electrons. The summed E-state index contributed by atoms with van der Waals surface area (Å²) in [6.45, 7) is 9.85. The number of rotatable bonds is 5. The van der Waals surface area contributed by atoms with Crippen LogP contribution in [0.1, 0.15) is 62.9 Å². The van der Waals surface area contributed by atoms with E-state index >= 15 is 0 Å². The number of hydrogen-bond donors (Lipinski definition) is 2. The lowest BCUT2D eigenvalue weighted by molar-refractivity contribution is -0.141. The van der Waals surface area contributed by atoms with Crippen molar-refractivity contribution in [2.45, 2.75) is 84.5 Å². The Labute approximate surface area is 218 Å². The number of oxime groups is 1. The maximum absolute atomic E-state index is 13.1. The second-order valence-electron chi connectivity index (χ2n) is 11.3. The number of likely N-dealkylation sites (tertiary alicyclic amines) is 1. The maximum Gasteiger partial charge on any atom is 0.233 e. The van der Waals surface area contributed by atoms with Crippen molar-refractivity contribution in [1.82, 2.24) is 9.88 Å². The highest BCUT2D eigenvalue weighted by atomic mass is 16.6. The zero-order valence-corrected chi connectivity index (χ0v) is 22.4. The van der Waals surface area contributed by atoms with Crippen molar-refractivity contribution in [3.8, 4) is 0 Å². The van der Waals surface area contributed by atoms with E-state index in [-0.39, 0.29) is 30.3 Å². The van der Waals surface area contributed by atoms with Crippen LogP contribution in [-0.4, -0.2) is 75.6 Å². The van der Waals surface area contributed by atoms with Crippen molar-refractivity contribution in [1.29, 1.82) is 0 Å². The minimum Gasteiger partial charge on any atom is -0.391 e. The van der Waals surface area contributed by atoms with Gasteiger partial charge in [0.25, 0.3) is 0 Å². The normalized spacial score (nSPS) is 33.6. The third-order valence-corrected chi connectivity index (χ3v) is 8.97. The van der Waals surface area contributed by atoms with Gasteiger partial charge in [0.15, 0.2) is 0 Å². The summed E-state index contributed by atoms with van der Waals surface area (Å²) in [6, 6.07) is 2.23. The Bertz CT molecular complexity index is 1090. The molecular formula is C28H40N4O5. The summed E-state index contributed by atoms with van der Waals surface area (Å²) in [5.74, 6) is -2.11. The minimum atomic E-state index is -1.06. The second kappa shape index (κ2) is 10.3. The van der Waals surface area contributed by atoms with Gasteiger partial charge in [-0.05, 0) is 71.4 Å². The van der Waals surface area contributed by atoms with Crippen LogP contribution >= 0.6 is 0 Å². The van der Waals surface area contributed by atoms with E-state index < -0.39 is 30.0 Å². The van der Waals surface area contributed by atoms with E-state index in [1.165, 1.54) is 16.2 Å². The summed E-state index contributed by atoms with van der Waals surface area (Å²) in [4.78, 5) is 40.3. The SMILES string of the molecule is CCN1C(=O)[C@H]2[C@H]3[C@H](O)[C@H](O)CC(=NOC(C)CN4CCCCc5nc(C)c(C)cc54)[C@@H]3CC[C@H]2C1=O. The largest absolute Gasteiger partial charge is 0.391 e. The first kappa shape index (κ1) is 26.1. The highest BCUT2D eigenvalue weighted by molar-refractivity contribution is 6.06. The van der Waals surface area contributed by atoms with E-state index in [4.69, 9.17) is 9.82 Å². The van der Waals surface area contributed by atoms with Gasteiger partial charge in [0.2, 0.25) is 11.8 Å². The van der Waals surface area contributed by atoms with Crippen LogP contribution in [-0.2, 0) is 20.8 Å². The third-order valence-electron chi connectivity index (χ3n) is 8.97. The van der Waals surface area contributed by atoms with Gasteiger partial charge in [-0.3, -0.25) is 19.5 Å². The number of aliphatic hydroxyl groups is 2. The van der Waals surface area contributed by atoms with Crippen molar-refractivity contribution < 1.29 is 24.6 Å². The van der Waals surface area contributed by atoms with Gasteiger partial charge in [0, 0.05) is 37.0 Å². The molecule has 5 rings (SSSR count). The van der Waals surface area contributed by atoms with Crippen molar-refractivity contribution in [2.75, 3.05) is 24.5 Å². The predicted octanol–water partition coefficient (Wildman–Crippen LogP) is 2.38. The van der Waals surface area contributed by atoms with Gasteiger partial charge >= 0.3 is 0 Å². The number of aromatic nitrogens is 1. The number of anilines is 1. The fourth-order valence-corrected chi connectivity index (χ4v) is 6.96. The van der Waals surface area contributed by atoms with Crippen LogP contribution in [0.25, 0.3) is 0 Å². The molecule has 37 heavy (non-hydrogen) atoms. The number of carbonyl (C=O) groups is 2. The molecule has 7 atom stereocenters. The average molecular weight is 513 g/mol. The number of pyridine rings is 1. The summed E-state index contributed by atoms with van der Waals surface area (Å²) in [6.07, 6.45) is 2.32. The number of aliphatic hydroxyl groups excluding tert-OH is 2. The maximum atomic E-state index is 13.1. The highest BCUT2D eigenvalue weighted by Crippen LogP contribution is 2.49. The molecule has 2 N–H and O–H groups in total. The number of aryl methyl sites for hydroxylation is 3. The number of hydrogen-bond acceptors (Lipinski definition) is 8. The summed E-state index contributed by atoms with van der Waals surface area (Å²) in [5.41, 5.74) is 5.25. The van der Waals surface area contributed by atoms with Crippen LogP contribution in [0.5, 0.6) is 0 Å².